The van der Waals surface area contributed by atoms with Crippen molar-refractivity contribution in [3.8, 4) is 0 Å². The van der Waals surface area contributed by atoms with Crippen molar-refractivity contribution < 1.29 is 4.79 Å². The van der Waals surface area contributed by atoms with Gasteiger partial charge in [-0.2, -0.15) is 11.8 Å². The molecule has 1 aromatic heterocycles. The molecule has 0 saturated heterocycles. The zero-order chi connectivity index (χ0) is 13.0. The van der Waals surface area contributed by atoms with E-state index in [1.165, 1.54) is 12.8 Å². The average Bonchev–Trinajstić information content (AvgIpc) is 2.98. The molecule has 1 aliphatic carbocycles. The topological polar surface area (TPSA) is 85.8 Å². The summed E-state index contributed by atoms with van der Waals surface area (Å²) < 4.78 is 1.59. The molecule has 7 heteroatoms. The molecule has 0 spiro atoms. The first-order valence-electron chi connectivity index (χ1n) is 6.18. The van der Waals surface area contributed by atoms with Gasteiger partial charge in [-0.25, -0.2) is 0 Å². The lowest BCUT2D eigenvalue weighted by molar-refractivity contribution is 0.0933. The third-order valence-electron chi connectivity index (χ3n) is 3.20. The second-order valence-electron chi connectivity index (χ2n) is 4.44. The molecule has 1 heterocycles. The van der Waals surface area contributed by atoms with Crippen molar-refractivity contribution in [3.63, 3.8) is 0 Å². The summed E-state index contributed by atoms with van der Waals surface area (Å²) in [5, 5.41) is 11.3. The lowest BCUT2D eigenvalue weighted by Crippen LogP contribution is -2.38. The number of rotatable bonds is 5. The predicted octanol–water partition coefficient (Wildman–Crippen LogP) is 0.251. The van der Waals surface area contributed by atoms with Gasteiger partial charge in [-0.1, -0.05) is 11.6 Å². The Morgan fingerprint density at radius 2 is 2.50 bits per heavy atom. The Morgan fingerprint density at radius 3 is 3.22 bits per heavy atom. The van der Waals surface area contributed by atoms with E-state index in [1.54, 1.807) is 10.9 Å². The van der Waals surface area contributed by atoms with Gasteiger partial charge in [-0.3, -0.25) is 9.48 Å². The quantitative estimate of drug-likeness (QED) is 0.800. The van der Waals surface area contributed by atoms with Gasteiger partial charge in [-0.15, -0.1) is 5.10 Å². The van der Waals surface area contributed by atoms with Crippen LogP contribution in [0.2, 0.25) is 0 Å². The van der Waals surface area contributed by atoms with E-state index in [0.29, 0.717) is 24.0 Å². The maximum absolute atomic E-state index is 12.0. The van der Waals surface area contributed by atoms with Gasteiger partial charge in [0.15, 0.2) is 5.69 Å². The summed E-state index contributed by atoms with van der Waals surface area (Å²) in [6.07, 6.45) is 7.13. The van der Waals surface area contributed by atoms with Crippen molar-refractivity contribution in [1.29, 1.82) is 0 Å². The number of hydrogen-bond donors (Lipinski definition) is 2. The summed E-state index contributed by atoms with van der Waals surface area (Å²) in [6.45, 7) is 1.07. The highest BCUT2D eigenvalue weighted by atomic mass is 32.2. The van der Waals surface area contributed by atoms with Gasteiger partial charge in [0.05, 0.1) is 12.7 Å². The van der Waals surface area contributed by atoms with Crippen LogP contribution < -0.4 is 11.1 Å². The monoisotopic (exact) mass is 269 g/mol. The van der Waals surface area contributed by atoms with Crippen molar-refractivity contribution in [2.24, 2.45) is 5.73 Å². The maximum atomic E-state index is 12.0. The SMILES string of the molecule is CSC1CCCC1NC(=O)c1cn(CCN)nn1. The molecule has 0 aromatic carbocycles. The molecule has 18 heavy (non-hydrogen) atoms. The second kappa shape index (κ2) is 6.19. The fourth-order valence-corrected chi connectivity index (χ4v) is 3.19. The van der Waals surface area contributed by atoms with Gasteiger partial charge >= 0.3 is 0 Å². The zero-order valence-corrected chi connectivity index (χ0v) is 11.3. The molecule has 0 aliphatic heterocycles. The van der Waals surface area contributed by atoms with Crippen molar-refractivity contribution in [1.82, 2.24) is 20.3 Å². The Morgan fingerprint density at radius 1 is 1.67 bits per heavy atom. The van der Waals surface area contributed by atoms with E-state index < -0.39 is 0 Å². The van der Waals surface area contributed by atoms with E-state index in [1.807, 2.05) is 11.8 Å². The lowest BCUT2D eigenvalue weighted by atomic mass is 10.2. The van der Waals surface area contributed by atoms with E-state index in [-0.39, 0.29) is 11.9 Å². The largest absolute Gasteiger partial charge is 0.347 e. The Labute approximate surface area is 111 Å². The van der Waals surface area contributed by atoms with E-state index in [0.717, 1.165) is 6.42 Å². The van der Waals surface area contributed by atoms with Gasteiger partial charge in [0.25, 0.3) is 5.91 Å². The van der Waals surface area contributed by atoms with Gasteiger partial charge < -0.3 is 11.1 Å². The molecule has 0 bridgehead atoms. The molecule has 2 atom stereocenters. The van der Waals surface area contributed by atoms with Crippen molar-refractivity contribution >= 4 is 17.7 Å². The van der Waals surface area contributed by atoms with Gasteiger partial charge in [0, 0.05) is 17.8 Å². The molecule has 100 valence electrons. The van der Waals surface area contributed by atoms with Crippen LogP contribution in [-0.2, 0) is 6.54 Å². The molecule has 1 amide bonds. The number of amides is 1. The Kier molecular flexibility index (Phi) is 4.60. The van der Waals surface area contributed by atoms with E-state index in [2.05, 4.69) is 21.9 Å². The minimum Gasteiger partial charge on any atom is -0.347 e. The first kappa shape index (κ1) is 13.4. The maximum Gasteiger partial charge on any atom is 0.273 e. The van der Waals surface area contributed by atoms with Gasteiger partial charge in [0.1, 0.15) is 0 Å². The van der Waals surface area contributed by atoms with Crippen LogP contribution in [0.4, 0.5) is 0 Å². The molecule has 3 N–H and O–H groups in total. The molecule has 1 fully saturated rings. The smallest absolute Gasteiger partial charge is 0.273 e. The van der Waals surface area contributed by atoms with E-state index in [4.69, 9.17) is 5.73 Å². The van der Waals surface area contributed by atoms with Crippen LogP contribution in [0.25, 0.3) is 0 Å². The lowest BCUT2D eigenvalue weighted by Gasteiger charge is -2.18. The predicted molar refractivity (Wildman–Crippen MR) is 71.5 cm³/mol. The third-order valence-corrected chi connectivity index (χ3v) is 4.37. The molecule has 1 aliphatic rings. The number of aromatic nitrogens is 3. The fraction of sp³-hybridized carbons (Fsp3) is 0.727. The number of nitrogens with two attached hydrogens (primary N) is 1. The summed E-state index contributed by atoms with van der Waals surface area (Å²) in [5.74, 6) is -0.135. The molecule has 2 rings (SSSR count). The number of carbonyl (C=O) groups excluding carboxylic acids is 1. The van der Waals surface area contributed by atoms with E-state index >= 15 is 0 Å². The summed E-state index contributed by atoms with van der Waals surface area (Å²) in [4.78, 5) is 12.0. The Balaban J connectivity index is 1.94. The third kappa shape index (κ3) is 3.02. The fourth-order valence-electron chi connectivity index (χ4n) is 2.26. The summed E-state index contributed by atoms with van der Waals surface area (Å²) in [5.41, 5.74) is 5.79. The minimum atomic E-state index is -0.135. The van der Waals surface area contributed by atoms with Crippen molar-refractivity contribution in [2.75, 3.05) is 12.8 Å². The number of nitrogens with zero attached hydrogens (tertiary/aromatic N) is 3. The molecule has 6 nitrogen and oxygen atoms in total. The summed E-state index contributed by atoms with van der Waals surface area (Å²) in [6, 6.07) is 0.257. The molecule has 1 aromatic rings. The van der Waals surface area contributed by atoms with Crippen LogP contribution in [0.1, 0.15) is 29.8 Å². The highest BCUT2D eigenvalue weighted by molar-refractivity contribution is 7.99. The van der Waals surface area contributed by atoms with Gasteiger partial charge in [0.2, 0.25) is 0 Å². The highest BCUT2D eigenvalue weighted by Crippen LogP contribution is 2.28. The van der Waals surface area contributed by atoms with Crippen LogP contribution in [-0.4, -0.2) is 45.0 Å². The Hall–Kier alpha value is -1.08. The molecular weight excluding hydrogens is 250 g/mol. The number of thioether (sulfide) groups is 1. The number of carbonyl (C=O) groups is 1. The minimum absolute atomic E-state index is 0.135. The average molecular weight is 269 g/mol. The Bertz CT molecular complexity index is 408. The molecule has 0 radical (unpaired) electrons. The number of nitrogens with one attached hydrogen (secondary N) is 1. The van der Waals surface area contributed by atoms with Crippen molar-refractivity contribution in [3.05, 3.63) is 11.9 Å². The molecular formula is C11H19N5OS. The summed E-state index contributed by atoms with van der Waals surface area (Å²) >= 11 is 1.82. The highest BCUT2D eigenvalue weighted by Gasteiger charge is 2.28. The van der Waals surface area contributed by atoms with Crippen molar-refractivity contribution in [2.45, 2.75) is 37.1 Å². The number of hydrogen-bond acceptors (Lipinski definition) is 5. The first-order chi connectivity index (χ1) is 8.74. The first-order valence-corrected chi connectivity index (χ1v) is 7.47. The van der Waals surface area contributed by atoms with Crippen LogP contribution in [0.5, 0.6) is 0 Å². The van der Waals surface area contributed by atoms with Gasteiger partial charge in [-0.05, 0) is 19.1 Å². The standard InChI is InChI=1S/C11H19N5OS/c1-18-10-4-2-3-8(10)13-11(17)9-7-16(6-5-12)15-14-9/h7-8,10H,2-6,12H2,1H3,(H,13,17). The van der Waals surface area contributed by atoms with E-state index in [9.17, 15) is 4.79 Å². The van der Waals surface area contributed by atoms with Crippen LogP contribution in [0.3, 0.4) is 0 Å². The summed E-state index contributed by atoms with van der Waals surface area (Å²) in [7, 11) is 0. The molecule has 2 unspecified atom stereocenters. The second-order valence-corrected chi connectivity index (χ2v) is 5.52. The van der Waals surface area contributed by atoms with Crippen LogP contribution in [0, 0.1) is 0 Å². The van der Waals surface area contributed by atoms with Crippen LogP contribution in [0.15, 0.2) is 6.20 Å². The normalized spacial score (nSPS) is 23.2. The molecule has 1 saturated carbocycles. The van der Waals surface area contributed by atoms with Crippen LogP contribution >= 0.6 is 11.8 Å². The zero-order valence-electron chi connectivity index (χ0n) is 10.5.